The Morgan fingerprint density at radius 3 is 2.56 bits per heavy atom. The molecule has 2 saturated carbocycles. The van der Waals surface area contributed by atoms with Crippen molar-refractivity contribution in [2.45, 2.75) is 64.3 Å². The number of rotatable bonds is 8. The summed E-state index contributed by atoms with van der Waals surface area (Å²) in [6.45, 7) is 3.65. The number of hydrogen-bond acceptors (Lipinski definition) is 2. The van der Waals surface area contributed by atoms with Crippen LogP contribution in [0.2, 0.25) is 0 Å². The molecule has 0 aromatic carbocycles. The maximum atomic E-state index is 3.77. The highest BCUT2D eigenvalue weighted by Crippen LogP contribution is 2.38. The lowest BCUT2D eigenvalue weighted by atomic mass is 9.71. The molecule has 2 aliphatic carbocycles. The highest BCUT2D eigenvalue weighted by atomic mass is 32.2. The van der Waals surface area contributed by atoms with E-state index < -0.39 is 0 Å². The highest BCUT2D eigenvalue weighted by molar-refractivity contribution is 7.98. The van der Waals surface area contributed by atoms with Crippen molar-refractivity contribution in [2.75, 3.05) is 18.6 Å². The third-order valence-electron chi connectivity index (χ3n) is 4.88. The van der Waals surface area contributed by atoms with Crippen LogP contribution in [0.3, 0.4) is 0 Å². The molecule has 0 amide bonds. The lowest BCUT2D eigenvalue weighted by Gasteiger charge is -2.36. The number of thioether (sulfide) groups is 1. The first kappa shape index (κ1) is 14.7. The predicted molar refractivity (Wildman–Crippen MR) is 83.3 cm³/mol. The van der Waals surface area contributed by atoms with Gasteiger partial charge in [-0.05, 0) is 68.4 Å². The van der Waals surface area contributed by atoms with Crippen LogP contribution in [0.15, 0.2) is 0 Å². The van der Waals surface area contributed by atoms with Crippen molar-refractivity contribution in [3.63, 3.8) is 0 Å². The molecule has 0 aromatic rings. The second-order valence-electron chi connectivity index (χ2n) is 6.45. The van der Waals surface area contributed by atoms with Crippen molar-refractivity contribution in [1.29, 1.82) is 0 Å². The molecule has 1 nitrogen and oxygen atoms in total. The molecule has 2 heteroatoms. The summed E-state index contributed by atoms with van der Waals surface area (Å²) in [5.74, 6) is 4.39. The Bertz CT molecular complexity index is 227. The van der Waals surface area contributed by atoms with Gasteiger partial charge in [0.15, 0.2) is 0 Å². The van der Waals surface area contributed by atoms with Gasteiger partial charge in [-0.1, -0.05) is 26.2 Å². The van der Waals surface area contributed by atoms with E-state index in [-0.39, 0.29) is 0 Å². The van der Waals surface area contributed by atoms with Crippen LogP contribution in [0.1, 0.15) is 58.3 Å². The molecule has 2 rings (SSSR count). The van der Waals surface area contributed by atoms with E-state index in [0.717, 1.165) is 23.8 Å². The van der Waals surface area contributed by atoms with Gasteiger partial charge in [-0.3, -0.25) is 0 Å². The summed E-state index contributed by atoms with van der Waals surface area (Å²) in [6, 6.07) is 0.888. The smallest absolute Gasteiger partial charge is 0.00683 e. The zero-order chi connectivity index (χ0) is 12.8. The molecule has 2 fully saturated rings. The van der Waals surface area contributed by atoms with E-state index in [1.165, 1.54) is 63.7 Å². The van der Waals surface area contributed by atoms with E-state index in [9.17, 15) is 0 Å². The Morgan fingerprint density at radius 1 is 1.06 bits per heavy atom. The van der Waals surface area contributed by atoms with Gasteiger partial charge in [0.05, 0.1) is 0 Å². The van der Waals surface area contributed by atoms with Gasteiger partial charge in [-0.25, -0.2) is 0 Å². The van der Waals surface area contributed by atoms with E-state index in [1.807, 2.05) is 11.8 Å². The SMILES string of the molecule is CCCC1CCC(CNC2CC2)C(CCSC)C1. The molecular weight excluding hydrogens is 238 g/mol. The predicted octanol–water partition coefficient (Wildman–Crippen LogP) is 4.32. The molecule has 0 heterocycles. The molecule has 3 atom stereocenters. The highest BCUT2D eigenvalue weighted by Gasteiger charge is 2.31. The van der Waals surface area contributed by atoms with Crippen LogP contribution in [0.25, 0.3) is 0 Å². The fourth-order valence-corrected chi connectivity index (χ4v) is 4.13. The van der Waals surface area contributed by atoms with Crippen LogP contribution >= 0.6 is 11.8 Å². The summed E-state index contributed by atoms with van der Waals surface area (Å²) in [6.07, 6.45) is 13.9. The standard InChI is InChI=1S/C16H31NS/c1-3-4-13-5-6-15(12-17-16-7-8-16)14(11-13)9-10-18-2/h13-17H,3-12H2,1-2H3. The Hall–Kier alpha value is 0.310. The van der Waals surface area contributed by atoms with E-state index >= 15 is 0 Å². The maximum absolute atomic E-state index is 3.77. The molecule has 0 radical (unpaired) electrons. The minimum atomic E-state index is 0.888. The lowest BCUT2D eigenvalue weighted by Crippen LogP contribution is -2.34. The minimum Gasteiger partial charge on any atom is -0.314 e. The topological polar surface area (TPSA) is 12.0 Å². The Kier molecular flexibility index (Phi) is 6.37. The Labute approximate surface area is 118 Å². The van der Waals surface area contributed by atoms with Gasteiger partial charge in [-0.15, -0.1) is 0 Å². The number of hydrogen-bond donors (Lipinski definition) is 1. The third kappa shape index (κ3) is 4.77. The third-order valence-corrected chi connectivity index (χ3v) is 5.53. The van der Waals surface area contributed by atoms with E-state index in [0.29, 0.717) is 0 Å². The first-order chi connectivity index (χ1) is 8.83. The van der Waals surface area contributed by atoms with Crippen LogP contribution in [0, 0.1) is 17.8 Å². The second-order valence-corrected chi connectivity index (χ2v) is 7.44. The molecule has 106 valence electrons. The zero-order valence-electron chi connectivity index (χ0n) is 12.3. The van der Waals surface area contributed by atoms with E-state index in [1.54, 1.807) is 0 Å². The van der Waals surface area contributed by atoms with Crippen LogP contribution in [-0.4, -0.2) is 24.6 Å². The maximum Gasteiger partial charge on any atom is 0.00683 e. The first-order valence-corrected chi connectivity index (χ1v) is 9.45. The molecule has 0 spiro atoms. The molecule has 18 heavy (non-hydrogen) atoms. The minimum absolute atomic E-state index is 0.888. The van der Waals surface area contributed by atoms with E-state index in [2.05, 4.69) is 18.5 Å². The summed E-state index contributed by atoms with van der Waals surface area (Å²) in [4.78, 5) is 0. The molecule has 3 unspecified atom stereocenters. The van der Waals surface area contributed by atoms with Crippen molar-refractivity contribution < 1.29 is 0 Å². The van der Waals surface area contributed by atoms with Gasteiger partial charge < -0.3 is 5.32 Å². The molecule has 1 N–H and O–H groups in total. The van der Waals surface area contributed by atoms with Crippen molar-refractivity contribution in [3.05, 3.63) is 0 Å². The lowest BCUT2D eigenvalue weighted by molar-refractivity contribution is 0.164. The summed E-state index contributed by atoms with van der Waals surface area (Å²) in [7, 11) is 0. The fraction of sp³-hybridized carbons (Fsp3) is 1.00. The molecule has 0 aliphatic heterocycles. The van der Waals surface area contributed by atoms with Gasteiger partial charge in [0.25, 0.3) is 0 Å². The first-order valence-electron chi connectivity index (χ1n) is 8.05. The molecular formula is C16H31NS. The van der Waals surface area contributed by atoms with Crippen LogP contribution in [0.4, 0.5) is 0 Å². The van der Waals surface area contributed by atoms with Crippen LogP contribution in [0.5, 0.6) is 0 Å². The molecule has 0 aromatic heterocycles. The molecule has 0 saturated heterocycles. The van der Waals surface area contributed by atoms with Gasteiger partial charge in [0.1, 0.15) is 0 Å². The van der Waals surface area contributed by atoms with Crippen LogP contribution < -0.4 is 5.32 Å². The van der Waals surface area contributed by atoms with Gasteiger partial charge in [-0.2, -0.15) is 11.8 Å². The van der Waals surface area contributed by atoms with Gasteiger partial charge in [0, 0.05) is 6.04 Å². The number of nitrogens with one attached hydrogen (secondary N) is 1. The zero-order valence-corrected chi connectivity index (χ0v) is 13.1. The monoisotopic (exact) mass is 269 g/mol. The summed E-state index contributed by atoms with van der Waals surface area (Å²) >= 11 is 2.03. The average molecular weight is 269 g/mol. The van der Waals surface area contributed by atoms with E-state index in [4.69, 9.17) is 0 Å². The summed E-state index contributed by atoms with van der Waals surface area (Å²) in [5.41, 5.74) is 0. The Balaban J connectivity index is 1.77. The van der Waals surface area contributed by atoms with Crippen molar-refractivity contribution in [1.82, 2.24) is 5.32 Å². The largest absolute Gasteiger partial charge is 0.314 e. The average Bonchev–Trinajstić information content (AvgIpc) is 3.19. The van der Waals surface area contributed by atoms with Gasteiger partial charge >= 0.3 is 0 Å². The van der Waals surface area contributed by atoms with Crippen molar-refractivity contribution >= 4 is 11.8 Å². The van der Waals surface area contributed by atoms with Crippen LogP contribution in [-0.2, 0) is 0 Å². The molecule has 2 aliphatic rings. The second kappa shape index (κ2) is 7.79. The van der Waals surface area contributed by atoms with Crippen molar-refractivity contribution in [3.8, 4) is 0 Å². The summed E-state index contributed by atoms with van der Waals surface area (Å²) in [5, 5.41) is 3.77. The molecule has 0 bridgehead atoms. The normalized spacial score (nSPS) is 32.7. The van der Waals surface area contributed by atoms with Gasteiger partial charge in [0.2, 0.25) is 0 Å². The Morgan fingerprint density at radius 2 is 1.89 bits per heavy atom. The van der Waals surface area contributed by atoms with Crippen molar-refractivity contribution in [2.24, 2.45) is 17.8 Å². The fourth-order valence-electron chi connectivity index (χ4n) is 3.59. The summed E-state index contributed by atoms with van der Waals surface area (Å²) < 4.78 is 0. The quantitative estimate of drug-likeness (QED) is 0.704.